The number of halogens is 2. The van der Waals surface area contributed by atoms with Gasteiger partial charge in [0.1, 0.15) is 0 Å². The monoisotopic (exact) mass is 1290 g/mol. The van der Waals surface area contributed by atoms with Crippen LogP contribution >= 0.6 is 0 Å². The van der Waals surface area contributed by atoms with Gasteiger partial charge in [-0.05, 0) is 0 Å². The molecule has 0 bridgehead atoms. The van der Waals surface area contributed by atoms with Gasteiger partial charge in [0, 0.05) is 0 Å². The van der Waals surface area contributed by atoms with Crippen LogP contribution in [0, 0.1) is 11.6 Å². The first-order valence-electron chi connectivity index (χ1n) is 36.6. The Balaban J connectivity index is 1.20. The van der Waals surface area contributed by atoms with E-state index in [2.05, 4.69) is 52.0 Å². The second-order valence-electron chi connectivity index (χ2n) is 27.1. The van der Waals surface area contributed by atoms with Gasteiger partial charge in [-0.2, -0.15) is 0 Å². The van der Waals surface area contributed by atoms with Crippen LogP contribution in [0.2, 0.25) is 0 Å². The number of unbranched alkanes of at least 4 members (excludes halogenated alkanes) is 44. The SMILES string of the molecule is CCCCCCCCCCCCCCC1(CCCCCCCCCCCCCC)c2ccc3n[se]nc3c2-c2c(F)c3c(c(F)c21)-c1c(ccc2n[se]nc12)C3(CCCCCCCCCCCCCC)CCCCCCCCCCCCCC. The van der Waals surface area contributed by atoms with E-state index in [1.54, 1.807) is 0 Å². The fourth-order valence-electron chi connectivity index (χ4n) is 15.7. The first-order valence-corrected chi connectivity index (χ1v) is 39.6. The van der Waals surface area contributed by atoms with Crippen molar-refractivity contribution in [2.24, 2.45) is 0 Å². The summed E-state index contributed by atoms with van der Waals surface area (Å²) in [6, 6.07) is 8.87. The molecule has 3 aromatic carbocycles. The summed E-state index contributed by atoms with van der Waals surface area (Å²) in [5, 5.41) is 0. The molecule has 0 spiro atoms. The van der Waals surface area contributed by atoms with E-state index in [1.807, 2.05) is 0 Å². The smallest absolute Gasteiger partial charge is 0.0654 e. The summed E-state index contributed by atoms with van der Waals surface area (Å²) in [6.45, 7) is 9.20. The molecule has 8 heteroatoms. The van der Waals surface area contributed by atoms with Crippen LogP contribution in [0.25, 0.3) is 44.3 Å². The molecule has 0 fully saturated rings. The minimum atomic E-state index is -0.637. The minimum absolute atomic E-state index is 0.153. The molecule has 470 valence electrons. The van der Waals surface area contributed by atoms with Crippen LogP contribution in [0.4, 0.5) is 8.78 Å². The second kappa shape index (κ2) is 39.7. The summed E-state index contributed by atoms with van der Waals surface area (Å²) < 4.78 is 59.7. The van der Waals surface area contributed by atoms with Crippen molar-refractivity contribution in [3.63, 3.8) is 0 Å². The van der Waals surface area contributed by atoms with Crippen LogP contribution in [-0.2, 0) is 10.8 Å². The van der Waals surface area contributed by atoms with Gasteiger partial charge in [-0.1, -0.05) is 182 Å². The Morgan fingerprint density at radius 3 is 0.714 bits per heavy atom. The van der Waals surface area contributed by atoms with Crippen LogP contribution in [0.5, 0.6) is 0 Å². The zero-order valence-electron chi connectivity index (χ0n) is 54.4. The fraction of sp³-hybridized carbons (Fsp3) is 0.763. The minimum Gasteiger partial charge on any atom is -0.0654 e. The first kappa shape index (κ1) is 69.2. The van der Waals surface area contributed by atoms with Crippen LogP contribution < -0.4 is 0 Å². The van der Waals surface area contributed by atoms with Gasteiger partial charge in [-0.3, -0.25) is 0 Å². The molecule has 4 nitrogen and oxygen atoms in total. The second-order valence-corrected chi connectivity index (χ2v) is 29.3. The maximum absolute atomic E-state index is 19.7. The van der Waals surface area contributed by atoms with E-state index in [4.69, 9.17) is 15.9 Å². The van der Waals surface area contributed by atoms with Crippen LogP contribution in [0.3, 0.4) is 0 Å². The predicted molar refractivity (Wildman–Crippen MR) is 362 cm³/mol. The Morgan fingerprint density at radius 2 is 0.488 bits per heavy atom. The first-order chi connectivity index (χ1) is 41.5. The quantitative estimate of drug-likeness (QED) is 0.0288. The van der Waals surface area contributed by atoms with Crippen molar-refractivity contribution in [2.75, 3.05) is 0 Å². The Kier molecular flexibility index (Phi) is 32.7. The van der Waals surface area contributed by atoms with Crippen molar-refractivity contribution < 1.29 is 8.78 Å². The Hall–Kier alpha value is -2.24. The third-order valence-corrected chi connectivity index (χ3v) is 22.8. The molecule has 0 amide bonds. The molecular weight excluding hydrogens is 1160 g/mol. The topological polar surface area (TPSA) is 51.6 Å². The predicted octanol–water partition coefficient (Wildman–Crippen LogP) is 24.9. The molecule has 0 saturated carbocycles. The molecule has 84 heavy (non-hydrogen) atoms. The molecule has 2 aromatic heterocycles. The molecule has 2 aliphatic rings. The third-order valence-electron chi connectivity index (χ3n) is 20.6. The molecule has 0 atom stereocenters. The summed E-state index contributed by atoms with van der Waals surface area (Å²) in [4.78, 5) is 0. The average molecular weight is 1290 g/mol. The average Bonchev–Trinajstić information content (AvgIpc) is 1.54. The number of nitrogens with zero attached hydrogens (tertiary/aromatic N) is 4. The molecule has 2 heterocycles. The van der Waals surface area contributed by atoms with Gasteiger partial charge < -0.3 is 0 Å². The van der Waals surface area contributed by atoms with Gasteiger partial charge in [0.05, 0.1) is 0 Å². The number of rotatable bonds is 52. The molecule has 7 rings (SSSR count). The van der Waals surface area contributed by atoms with Gasteiger partial charge in [-0.25, -0.2) is 0 Å². The molecule has 0 radical (unpaired) electrons. The van der Waals surface area contributed by atoms with Gasteiger partial charge in [0.2, 0.25) is 0 Å². The van der Waals surface area contributed by atoms with Crippen LogP contribution in [0.15, 0.2) is 24.3 Å². The normalized spacial score (nSPS) is 13.9. The zero-order chi connectivity index (χ0) is 58.9. The van der Waals surface area contributed by atoms with Gasteiger partial charge in [0.15, 0.2) is 0 Å². The van der Waals surface area contributed by atoms with Gasteiger partial charge in [0.25, 0.3) is 0 Å². The summed E-state index contributed by atoms with van der Waals surface area (Å²) in [6.07, 6.45) is 64.9. The van der Waals surface area contributed by atoms with E-state index in [-0.39, 0.29) is 41.6 Å². The van der Waals surface area contributed by atoms with E-state index < -0.39 is 10.8 Å². The molecule has 0 N–H and O–H groups in total. The summed E-state index contributed by atoms with van der Waals surface area (Å²) in [5.41, 5.74) is 8.58. The van der Waals surface area contributed by atoms with Crippen molar-refractivity contribution in [2.45, 2.75) is 372 Å². The number of benzene rings is 3. The number of hydrogen-bond acceptors (Lipinski definition) is 4. The maximum atomic E-state index is 19.7. The van der Waals surface area contributed by atoms with E-state index in [9.17, 15) is 0 Å². The van der Waals surface area contributed by atoms with Crippen molar-refractivity contribution in [3.8, 4) is 22.3 Å². The molecule has 0 saturated heterocycles. The van der Waals surface area contributed by atoms with Crippen LogP contribution in [-0.4, -0.2) is 45.8 Å². The standard InChI is InChI=1S/C76H120F2N4Se2/c1-5-9-13-17-21-25-29-33-37-41-45-49-57-75(58-50-46-42-38-34-30-26-22-18-14-10-6-2)61-53-55-63-73(81-83-79-63)65(61)67-69(75)71(77)68-66-62(54-56-64-74(66)82-84-80-64)76(70(68)72(67)78,59-51-47-43-39-35-31-27-23-19-15-11-7-3)60-52-48-44-40-36-32-28-24-20-16-12-8-4/h53-56H,5-52,57-60H2,1-4H3. The number of hydrogen-bond donors (Lipinski definition) is 0. The Labute approximate surface area is 526 Å². The summed E-state index contributed by atoms with van der Waals surface area (Å²) >= 11 is -0.591. The van der Waals surface area contributed by atoms with Crippen molar-refractivity contribution in [1.82, 2.24) is 15.9 Å². The Bertz CT molecular complexity index is 2350. The van der Waals surface area contributed by atoms with E-state index in [1.165, 1.54) is 257 Å². The van der Waals surface area contributed by atoms with Gasteiger partial charge >= 0.3 is 348 Å². The zero-order valence-corrected chi connectivity index (χ0v) is 57.9. The summed E-state index contributed by atoms with van der Waals surface area (Å²) in [7, 11) is 0. The van der Waals surface area contributed by atoms with E-state index in [0.29, 0.717) is 22.3 Å². The van der Waals surface area contributed by atoms with Crippen molar-refractivity contribution >= 4 is 52.0 Å². The number of fused-ring (bicyclic) bond motifs is 10. The third kappa shape index (κ3) is 19.4. The molecule has 5 aromatic rings. The number of aromatic nitrogens is 4. The van der Waals surface area contributed by atoms with Crippen LogP contribution in [0.1, 0.15) is 384 Å². The van der Waals surface area contributed by atoms with Crippen molar-refractivity contribution in [3.05, 3.63) is 58.2 Å². The molecule has 0 aliphatic heterocycles. The van der Waals surface area contributed by atoms with E-state index >= 15 is 8.78 Å². The Morgan fingerprint density at radius 1 is 0.274 bits per heavy atom. The van der Waals surface area contributed by atoms with Crippen molar-refractivity contribution in [1.29, 1.82) is 0 Å². The molecule has 2 aliphatic carbocycles. The molecule has 0 unspecified atom stereocenters. The molecular formula is C76H120F2N4Se2. The van der Waals surface area contributed by atoms with Gasteiger partial charge in [-0.15, -0.1) is 0 Å². The van der Waals surface area contributed by atoms with E-state index in [0.717, 1.165) is 121 Å². The fourth-order valence-corrected chi connectivity index (χ4v) is 18.0. The summed E-state index contributed by atoms with van der Waals surface area (Å²) in [5.74, 6) is -0.305.